The number of nitrogens with zero attached hydrogens (tertiary/aromatic N) is 3. The Labute approximate surface area is 198 Å². The standard InChI is InChI=1S/C24H33BrN4O3/c25-20-9-7-18(8-10-20)23-27-22(32-28-23)17-29-14-11-19(12-15-29)24(30)26-13-4-16-31-21-5-2-1-3-6-21/h7-10,19,21H,1-6,11-17H2,(H,26,30). The predicted octanol–water partition coefficient (Wildman–Crippen LogP) is 4.57. The van der Waals surface area contributed by atoms with Crippen LogP contribution in [0.4, 0.5) is 0 Å². The van der Waals surface area contributed by atoms with Gasteiger partial charge >= 0.3 is 0 Å². The number of halogens is 1. The molecule has 1 saturated heterocycles. The molecular weight excluding hydrogens is 472 g/mol. The minimum absolute atomic E-state index is 0.0894. The Morgan fingerprint density at radius 2 is 1.88 bits per heavy atom. The molecule has 2 heterocycles. The molecule has 2 aromatic rings. The van der Waals surface area contributed by atoms with Crippen LogP contribution in [0.1, 0.15) is 57.3 Å². The van der Waals surface area contributed by atoms with E-state index in [1.807, 2.05) is 24.3 Å². The SMILES string of the molecule is O=C(NCCCOC1CCCCC1)C1CCN(Cc2nc(-c3ccc(Br)cc3)no2)CC1. The van der Waals surface area contributed by atoms with Crippen LogP contribution in [-0.4, -0.2) is 53.3 Å². The van der Waals surface area contributed by atoms with Crippen molar-refractivity contribution in [1.29, 1.82) is 0 Å². The summed E-state index contributed by atoms with van der Waals surface area (Å²) in [6.07, 6.45) is 9.36. The number of benzene rings is 1. The molecule has 1 aromatic carbocycles. The van der Waals surface area contributed by atoms with Gasteiger partial charge in [-0.25, -0.2) is 0 Å². The van der Waals surface area contributed by atoms with E-state index in [-0.39, 0.29) is 11.8 Å². The Hall–Kier alpha value is -1.77. The lowest BCUT2D eigenvalue weighted by Crippen LogP contribution is -2.40. The molecule has 8 heteroatoms. The first-order valence-electron chi connectivity index (χ1n) is 11.9. The van der Waals surface area contributed by atoms with Crippen LogP contribution in [0.25, 0.3) is 11.4 Å². The van der Waals surface area contributed by atoms with Gasteiger partial charge in [0.1, 0.15) is 0 Å². The van der Waals surface area contributed by atoms with E-state index in [2.05, 4.69) is 36.3 Å². The van der Waals surface area contributed by atoms with Crippen molar-refractivity contribution in [3.8, 4) is 11.4 Å². The largest absolute Gasteiger partial charge is 0.378 e. The minimum Gasteiger partial charge on any atom is -0.378 e. The lowest BCUT2D eigenvalue weighted by Gasteiger charge is -2.30. The third-order valence-corrected chi connectivity index (χ3v) is 6.94. The molecule has 0 spiro atoms. The zero-order valence-electron chi connectivity index (χ0n) is 18.6. The van der Waals surface area contributed by atoms with Crippen LogP contribution >= 0.6 is 15.9 Å². The van der Waals surface area contributed by atoms with E-state index in [0.717, 1.165) is 49.0 Å². The summed E-state index contributed by atoms with van der Waals surface area (Å²) in [5.74, 6) is 1.49. The lowest BCUT2D eigenvalue weighted by molar-refractivity contribution is -0.126. The topological polar surface area (TPSA) is 80.5 Å². The van der Waals surface area contributed by atoms with Crippen molar-refractivity contribution in [1.82, 2.24) is 20.4 Å². The van der Waals surface area contributed by atoms with Crippen LogP contribution in [0.5, 0.6) is 0 Å². The summed E-state index contributed by atoms with van der Waals surface area (Å²) >= 11 is 3.43. The van der Waals surface area contributed by atoms with Gasteiger partial charge in [-0.05, 0) is 69.5 Å². The van der Waals surface area contributed by atoms with Crippen LogP contribution in [0.3, 0.4) is 0 Å². The molecule has 1 aromatic heterocycles. The van der Waals surface area contributed by atoms with Gasteiger partial charge in [-0.15, -0.1) is 0 Å². The van der Waals surface area contributed by atoms with E-state index in [4.69, 9.17) is 9.26 Å². The van der Waals surface area contributed by atoms with E-state index in [9.17, 15) is 4.79 Å². The number of piperidine rings is 1. The van der Waals surface area contributed by atoms with Crippen LogP contribution < -0.4 is 5.32 Å². The quantitative estimate of drug-likeness (QED) is 0.503. The predicted molar refractivity (Wildman–Crippen MR) is 126 cm³/mol. The number of likely N-dealkylation sites (tertiary alicyclic amines) is 1. The molecule has 1 amide bonds. The Balaban J connectivity index is 1.12. The molecule has 2 fully saturated rings. The number of nitrogens with one attached hydrogen (secondary N) is 1. The number of amides is 1. The van der Waals surface area contributed by atoms with Crippen molar-refractivity contribution in [3.05, 3.63) is 34.6 Å². The normalized spacial score (nSPS) is 18.7. The number of carbonyl (C=O) groups excluding carboxylic acids is 1. The monoisotopic (exact) mass is 504 g/mol. The number of aromatic nitrogens is 2. The van der Waals surface area contributed by atoms with Gasteiger partial charge in [0, 0.05) is 29.1 Å². The van der Waals surface area contributed by atoms with Crippen molar-refractivity contribution < 1.29 is 14.1 Å². The summed E-state index contributed by atoms with van der Waals surface area (Å²) in [7, 11) is 0. The van der Waals surface area contributed by atoms with Gasteiger partial charge in [0.25, 0.3) is 0 Å². The summed E-state index contributed by atoms with van der Waals surface area (Å²) < 4.78 is 12.4. The third-order valence-electron chi connectivity index (χ3n) is 6.41. The summed E-state index contributed by atoms with van der Waals surface area (Å²) in [6.45, 7) is 3.79. The molecule has 1 aliphatic heterocycles. The minimum atomic E-state index is 0.0894. The van der Waals surface area contributed by atoms with Crippen molar-refractivity contribution >= 4 is 21.8 Å². The average Bonchev–Trinajstić information content (AvgIpc) is 3.29. The highest BCUT2D eigenvalue weighted by atomic mass is 79.9. The maximum Gasteiger partial charge on any atom is 0.241 e. The fourth-order valence-corrected chi connectivity index (χ4v) is 4.75. The molecule has 0 atom stereocenters. The Kier molecular flexibility index (Phi) is 8.70. The van der Waals surface area contributed by atoms with Gasteiger partial charge in [0.2, 0.25) is 17.6 Å². The van der Waals surface area contributed by atoms with E-state index in [1.165, 1.54) is 32.1 Å². The van der Waals surface area contributed by atoms with Gasteiger partial charge < -0.3 is 14.6 Å². The second-order valence-electron chi connectivity index (χ2n) is 8.84. The lowest BCUT2D eigenvalue weighted by atomic mass is 9.96. The summed E-state index contributed by atoms with van der Waals surface area (Å²) in [4.78, 5) is 19.3. The molecule has 0 unspecified atom stereocenters. The van der Waals surface area contributed by atoms with Crippen LogP contribution in [0.15, 0.2) is 33.3 Å². The number of rotatable bonds is 9. The van der Waals surface area contributed by atoms with Crippen LogP contribution in [0, 0.1) is 5.92 Å². The van der Waals surface area contributed by atoms with Crippen molar-refractivity contribution in [2.75, 3.05) is 26.2 Å². The maximum atomic E-state index is 12.5. The van der Waals surface area contributed by atoms with E-state index >= 15 is 0 Å². The molecule has 2 aliphatic rings. The maximum absolute atomic E-state index is 12.5. The Bertz CT molecular complexity index is 843. The first-order valence-corrected chi connectivity index (χ1v) is 12.7. The first-order chi connectivity index (χ1) is 15.7. The van der Waals surface area contributed by atoms with Crippen LogP contribution in [0.2, 0.25) is 0 Å². The van der Waals surface area contributed by atoms with Crippen LogP contribution in [-0.2, 0) is 16.1 Å². The highest BCUT2D eigenvalue weighted by Crippen LogP contribution is 2.22. The molecule has 1 aliphatic carbocycles. The molecule has 7 nitrogen and oxygen atoms in total. The Morgan fingerprint density at radius 1 is 1.12 bits per heavy atom. The fraction of sp³-hybridized carbons (Fsp3) is 0.625. The molecule has 1 N–H and O–H groups in total. The van der Waals surface area contributed by atoms with Crippen molar-refractivity contribution in [3.63, 3.8) is 0 Å². The molecule has 1 saturated carbocycles. The smallest absolute Gasteiger partial charge is 0.241 e. The number of carbonyl (C=O) groups is 1. The fourth-order valence-electron chi connectivity index (χ4n) is 4.49. The zero-order valence-corrected chi connectivity index (χ0v) is 20.2. The molecular formula is C24H33BrN4O3. The zero-order chi connectivity index (χ0) is 22.2. The van der Waals surface area contributed by atoms with Gasteiger partial charge in [-0.2, -0.15) is 4.98 Å². The van der Waals surface area contributed by atoms with E-state index < -0.39 is 0 Å². The highest BCUT2D eigenvalue weighted by Gasteiger charge is 2.26. The highest BCUT2D eigenvalue weighted by molar-refractivity contribution is 9.10. The van der Waals surface area contributed by atoms with Crippen molar-refractivity contribution in [2.24, 2.45) is 5.92 Å². The average molecular weight is 505 g/mol. The van der Waals surface area contributed by atoms with Crippen molar-refractivity contribution in [2.45, 2.75) is 64.0 Å². The third kappa shape index (κ3) is 6.86. The number of ether oxygens (including phenoxy) is 1. The number of hydrogen-bond acceptors (Lipinski definition) is 6. The van der Waals surface area contributed by atoms with Gasteiger partial charge in [0.05, 0.1) is 12.6 Å². The Morgan fingerprint density at radius 3 is 2.62 bits per heavy atom. The van der Waals surface area contributed by atoms with Gasteiger partial charge in [-0.1, -0.05) is 40.3 Å². The van der Waals surface area contributed by atoms with Gasteiger partial charge in [-0.3, -0.25) is 9.69 Å². The molecule has 174 valence electrons. The first kappa shape index (κ1) is 23.4. The van der Waals surface area contributed by atoms with Gasteiger partial charge in [0.15, 0.2) is 0 Å². The molecule has 32 heavy (non-hydrogen) atoms. The molecule has 4 rings (SSSR count). The molecule has 0 bridgehead atoms. The number of hydrogen-bond donors (Lipinski definition) is 1. The summed E-state index contributed by atoms with van der Waals surface area (Å²) in [6, 6.07) is 7.85. The van der Waals surface area contributed by atoms with E-state index in [0.29, 0.717) is 30.9 Å². The second-order valence-corrected chi connectivity index (χ2v) is 9.76. The summed E-state index contributed by atoms with van der Waals surface area (Å²) in [5.41, 5.74) is 0.933. The van der Waals surface area contributed by atoms with E-state index in [1.54, 1.807) is 0 Å². The molecule has 0 radical (unpaired) electrons. The second kappa shape index (κ2) is 11.9. The summed E-state index contributed by atoms with van der Waals surface area (Å²) in [5, 5.41) is 7.20.